The Hall–Kier alpha value is -1.33. The van der Waals surface area contributed by atoms with Gasteiger partial charge in [0, 0.05) is 4.91 Å². The van der Waals surface area contributed by atoms with Crippen LogP contribution in [0, 0.1) is 4.91 Å². The largest absolute Gasteiger partial charge is 0.289 e. The van der Waals surface area contributed by atoms with E-state index in [-0.39, 0.29) is 12.4 Å². The van der Waals surface area contributed by atoms with Crippen molar-refractivity contribution in [1.82, 2.24) is 9.92 Å². The molecule has 0 saturated carbocycles. The zero-order valence-electron chi connectivity index (χ0n) is 5.42. The third-order valence-corrected chi connectivity index (χ3v) is 0.836. The number of rotatable bonds is 5. The number of amides is 1. The number of hydrogen-bond donors (Lipinski definition) is 0. The average Bonchev–Trinajstić information content (AvgIpc) is 2.03. The standard InChI is InChI=1S/C3H5ClN5O2/c4-1-2-9(3-10)7-5-6-8-11/h3H,1-2H2/q+1. The monoisotopic (exact) mass is 178 g/mol. The highest BCUT2D eigenvalue weighted by molar-refractivity contribution is 6.18. The van der Waals surface area contributed by atoms with Crippen LogP contribution in [-0.2, 0) is 4.79 Å². The predicted octanol–water partition coefficient (Wildman–Crippen LogP) is 0.252. The number of carbonyl (C=O) groups excluding carboxylic acids is 1. The average molecular weight is 179 g/mol. The Morgan fingerprint density at radius 3 is 2.82 bits per heavy atom. The van der Waals surface area contributed by atoms with E-state index in [9.17, 15) is 9.70 Å². The lowest BCUT2D eigenvalue weighted by Gasteiger charge is -1.94. The zero-order valence-corrected chi connectivity index (χ0v) is 6.18. The van der Waals surface area contributed by atoms with Crippen LogP contribution in [0.4, 0.5) is 0 Å². The highest BCUT2D eigenvalue weighted by Gasteiger charge is 2.01. The van der Waals surface area contributed by atoms with Crippen LogP contribution in [0.2, 0.25) is 0 Å². The van der Waals surface area contributed by atoms with Gasteiger partial charge in [0.1, 0.15) is 6.54 Å². The maximum absolute atomic E-state index is 10.1. The van der Waals surface area contributed by atoms with E-state index in [1.165, 1.54) is 0 Å². The summed E-state index contributed by atoms with van der Waals surface area (Å²) in [6.07, 6.45) is 0.409. The fourth-order valence-corrected chi connectivity index (χ4v) is 0.464. The van der Waals surface area contributed by atoms with E-state index in [4.69, 9.17) is 11.6 Å². The van der Waals surface area contributed by atoms with Gasteiger partial charge in [-0.25, -0.2) is 0 Å². The van der Waals surface area contributed by atoms with Crippen molar-refractivity contribution in [1.29, 1.82) is 0 Å². The molecule has 0 aliphatic carbocycles. The van der Waals surface area contributed by atoms with Gasteiger partial charge in [-0.15, -0.1) is 16.6 Å². The number of hydrogen-bond acceptors (Lipinski definition) is 3. The number of alkyl halides is 1. The van der Waals surface area contributed by atoms with Crippen LogP contribution in [0.1, 0.15) is 0 Å². The maximum atomic E-state index is 10.1. The van der Waals surface area contributed by atoms with Crippen molar-refractivity contribution in [2.24, 2.45) is 15.7 Å². The minimum Gasteiger partial charge on any atom is -0.258 e. The van der Waals surface area contributed by atoms with Crippen LogP contribution in [0.15, 0.2) is 15.7 Å². The first-order valence-electron chi connectivity index (χ1n) is 2.56. The summed E-state index contributed by atoms with van der Waals surface area (Å²) >= 11 is 5.27. The smallest absolute Gasteiger partial charge is 0.258 e. The molecule has 0 aliphatic heterocycles. The quantitative estimate of drug-likeness (QED) is 0.151. The Kier molecular flexibility index (Phi) is 5.96. The molecule has 0 unspecified atom stereocenters. The molecule has 60 valence electrons. The van der Waals surface area contributed by atoms with Gasteiger partial charge >= 0.3 is 0 Å². The molecule has 0 N–H and O–H groups in total. The number of nitrogens with zero attached hydrogens (tertiary/aromatic N) is 5. The van der Waals surface area contributed by atoms with Crippen LogP contribution in [0.5, 0.6) is 0 Å². The summed E-state index contributed by atoms with van der Waals surface area (Å²) in [5.41, 5.74) is 0. The van der Waals surface area contributed by atoms with Crippen molar-refractivity contribution >= 4 is 18.0 Å². The van der Waals surface area contributed by atoms with E-state index < -0.39 is 0 Å². The molecule has 0 radical (unpaired) electrons. The summed E-state index contributed by atoms with van der Waals surface area (Å²) in [5, 5.41) is 8.72. The molecule has 0 rings (SSSR count). The molecule has 8 heteroatoms. The van der Waals surface area contributed by atoms with E-state index in [1.807, 2.05) is 5.29 Å². The summed E-state index contributed by atoms with van der Waals surface area (Å²) in [6, 6.07) is 0. The molecule has 0 saturated heterocycles. The van der Waals surface area contributed by atoms with Gasteiger partial charge in [-0.2, -0.15) is 0 Å². The Labute approximate surface area is 66.7 Å². The fraction of sp³-hybridized carbons (Fsp3) is 0.667. The third-order valence-electron chi connectivity index (χ3n) is 0.667. The summed E-state index contributed by atoms with van der Waals surface area (Å²) in [7, 11) is 0. The molecule has 0 aromatic heterocycles. The second-order valence-electron chi connectivity index (χ2n) is 1.31. The molecule has 0 bridgehead atoms. The number of carbonyl (C=O) groups is 1. The number of nitroso groups, excluding NO2 is 1. The molecule has 0 aliphatic rings. The highest BCUT2D eigenvalue weighted by Crippen LogP contribution is 1.83. The zero-order chi connectivity index (χ0) is 8.53. The maximum Gasteiger partial charge on any atom is 0.289 e. The molecular formula is C3H5ClN5O2+. The van der Waals surface area contributed by atoms with Gasteiger partial charge in [0.05, 0.1) is 5.88 Å². The number of halogens is 1. The topological polar surface area (TPSA) is 88.6 Å². The lowest BCUT2D eigenvalue weighted by atomic mass is 10.7. The van der Waals surface area contributed by atoms with Gasteiger partial charge in [-0.3, -0.25) is 4.79 Å². The van der Waals surface area contributed by atoms with Crippen molar-refractivity contribution in [3.8, 4) is 0 Å². The summed E-state index contributed by atoms with van der Waals surface area (Å²) in [5.74, 6) is 0.228. The highest BCUT2D eigenvalue weighted by atomic mass is 35.5. The van der Waals surface area contributed by atoms with Crippen LogP contribution < -0.4 is 4.91 Å². The van der Waals surface area contributed by atoms with Crippen LogP contribution in [0.3, 0.4) is 0 Å². The summed E-state index contributed by atoms with van der Waals surface area (Å²) < 4.78 is 0. The van der Waals surface area contributed by atoms with Crippen LogP contribution in [-0.4, -0.2) is 23.8 Å². The SMILES string of the molecule is O=CN(CCCl)N=[N+]=NN=O. The van der Waals surface area contributed by atoms with Gasteiger partial charge in [-0.05, 0) is 4.91 Å². The molecule has 0 aromatic carbocycles. The molecule has 0 heterocycles. The lowest BCUT2D eigenvalue weighted by molar-refractivity contribution is -0.118. The van der Waals surface area contributed by atoms with E-state index in [0.717, 1.165) is 5.01 Å². The van der Waals surface area contributed by atoms with Crippen molar-refractivity contribution in [3.05, 3.63) is 4.91 Å². The third kappa shape index (κ3) is 5.13. The van der Waals surface area contributed by atoms with Gasteiger partial charge in [0.15, 0.2) is 5.22 Å². The van der Waals surface area contributed by atoms with E-state index in [2.05, 4.69) is 15.4 Å². The Morgan fingerprint density at radius 2 is 2.36 bits per heavy atom. The van der Waals surface area contributed by atoms with Gasteiger partial charge < -0.3 is 0 Å². The molecule has 0 atom stereocenters. The minimum absolute atomic E-state index is 0.211. The first kappa shape index (κ1) is 9.67. The molecule has 11 heavy (non-hydrogen) atoms. The molecular weight excluding hydrogens is 174 g/mol. The molecule has 0 aromatic rings. The van der Waals surface area contributed by atoms with Gasteiger partial charge in [0.2, 0.25) is 5.22 Å². The molecule has 7 nitrogen and oxygen atoms in total. The molecule has 0 fully saturated rings. The second-order valence-corrected chi connectivity index (χ2v) is 1.69. The van der Waals surface area contributed by atoms with Gasteiger partial charge in [-0.1, -0.05) is 0 Å². The fourth-order valence-electron chi connectivity index (χ4n) is 0.291. The van der Waals surface area contributed by atoms with Crippen molar-refractivity contribution in [3.63, 3.8) is 0 Å². The van der Waals surface area contributed by atoms with Crippen molar-refractivity contribution in [2.75, 3.05) is 12.4 Å². The van der Waals surface area contributed by atoms with Crippen LogP contribution in [0.25, 0.3) is 0 Å². The second kappa shape index (κ2) is 6.79. The van der Waals surface area contributed by atoms with E-state index in [1.54, 1.807) is 0 Å². The predicted molar refractivity (Wildman–Crippen MR) is 36.3 cm³/mol. The van der Waals surface area contributed by atoms with E-state index in [0.29, 0.717) is 6.41 Å². The molecule has 1 amide bonds. The first-order chi connectivity index (χ1) is 5.35. The Balaban J connectivity index is 3.94. The summed E-state index contributed by atoms with van der Waals surface area (Å²) in [4.78, 5) is 22.3. The van der Waals surface area contributed by atoms with Crippen molar-refractivity contribution < 1.29 is 4.79 Å². The van der Waals surface area contributed by atoms with Crippen molar-refractivity contribution in [2.45, 2.75) is 0 Å². The lowest BCUT2D eigenvalue weighted by Crippen LogP contribution is -2.17. The summed E-state index contributed by atoms with van der Waals surface area (Å²) in [6.45, 7) is 0.211. The Bertz CT molecular complexity index is 188. The first-order valence-corrected chi connectivity index (χ1v) is 3.09. The minimum atomic E-state index is 0.211. The molecule has 0 spiro atoms. The normalized spacial score (nSPS) is 7.73. The Morgan fingerprint density at radius 1 is 1.64 bits per heavy atom. The van der Waals surface area contributed by atoms with Crippen LogP contribution >= 0.6 is 11.6 Å². The van der Waals surface area contributed by atoms with Gasteiger partial charge in [0.25, 0.3) is 11.7 Å². The van der Waals surface area contributed by atoms with E-state index >= 15 is 0 Å².